The Morgan fingerprint density at radius 3 is 2.33 bits per heavy atom. The highest BCUT2D eigenvalue weighted by atomic mass is 16.3. The van der Waals surface area contributed by atoms with E-state index in [9.17, 15) is 5.11 Å². The fourth-order valence-electron chi connectivity index (χ4n) is 1.81. The summed E-state index contributed by atoms with van der Waals surface area (Å²) in [6.45, 7) is 0. The molecule has 0 aliphatic heterocycles. The standard InChI is InChI=1S/C12H11BN4O/c13-14-8-5-6-12(18)11(7-8)17-15-9-3-1-2-4-10(9)16-17/h1-7,14,18H,13H2. The van der Waals surface area contributed by atoms with E-state index in [1.165, 1.54) is 4.80 Å². The summed E-state index contributed by atoms with van der Waals surface area (Å²) in [5.41, 5.74) is 3.04. The average Bonchev–Trinajstić information content (AvgIpc) is 2.82. The maximum absolute atomic E-state index is 9.88. The number of benzene rings is 2. The Balaban J connectivity index is 2.19. The van der Waals surface area contributed by atoms with E-state index in [4.69, 9.17) is 0 Å². The number of fused-ring (bicyclic) bond motifs is 1. The van der Waals surface area contributed by atoms with Crippen molar-refractivity contribution in [2.45, 2.75) is 0 Å². The van der Waals surface area contributed by atoms with Crippen LogP contribution in [0.2, 0.25) is 0 Å². The first kappa shape index (κ1) is 10.6. The molecular weight excluding hydrogens is 227 g/mol. The molecule has 1 aromatic heterocycles. The van der Waals surface area contributed by atoms with Gasteiger partial charge in [0.15, 0.2) is 0 Å². The Morgan fingerprint density at radius 2 is 1.72 bits per heavy atom. The molecule has 1 heterocycles. The fraction of sp³-hybridized carbons (Fsp3) is 0. The third kappa shape index (κ3) is 1.68. The predicted octanol–water partition coefficient (Wildman–Crippen LogP) is 1.09. The molecule has 0 amide bonds. The van der Waals surface area contributed by atoms with Crippen LogP contribution in [-0.2, 0) is 0 Å². The summed E-state index contributed by atoms with van der Waals surface area (Å²) in [5.74, 6) is 0.148. The highest BCUT2D eigenvalue weighted by molar-refractivity contribution is 6.16. The van der Waals surface area contributed by atoms with Crippen LogP contribution in [0.4, 0.5) is 5.69 Å². The molecule has 2 N–H and O–H groups in total. The number of nitrogens with one attached hydrogen (secondary N) is 1. The molecule has 88 valence electrons. The fourth-order valence-corrected chi connectivity index (χ4v) is 1.81. The molecule has 5 nitrogen and oxygen atoms in total. The quantitative estimate of drug-likeness (QED) is 0.518. The minimum absolute atomic E-state index is 0.148. The van der Waals surface area contributed by atoms with Crippen molar-refractivity contribution < 1.29 is 5.11 Å². The van der Waals surface area contributed by atoms with Gasteiger partial charge in [-0.15, -0.1) is 15.0 Å². The lowest BCUT2D eigenvalue weighted by atomic mass is 10.2. The number of hydrogen-bond donors (Lipinski definition) is 2. The van der Waals surface area contributed by atoms with Gasteiger partial charge in [-0.1, -0.05) is 12.1 Å². The highest BCUT2D eigenvalue weighted by Gasteiger charge is 2.08. The summed E-state index contributed by atoms with van der Waals surface area (Å²) in [4.78, 5) is 1.45. The zero-order chi connectivity index (χ0) is 12.5. The Bertz CT molecular complexity index is 677. The summed E-state index contributed by atoms with van der Waals surface area (Å²) < 4.78 is 0. The largest absolute Gasteiger partial charge is 0.506 e. The monoisotopic (exact) mass is 238 g/mol. The summed E-state index contributed by atoms with van der Waals surface area (Å²) in [6, 6.07) is 12.8. The van der Waals surface area contributed by atoms with E-state index in [0.29, 0.717) is 5.69 Å². The molecule has 3 aromatic rings. The van der Waals surface area contributed by atoms with Crippen LogP contribution in [0, 0.1) is 0 Å². The summed E-state index contributed by atoms with van der Waals surface area (Å²) in [6.07, 6.45) is 0. The first-order chi connectivity index (χ1) is 8.78. The Morgan fingerprint density at radius 1 is 1.06 bits per heavy atom. The molecular formula is C12H11BN4O. The van der Waals surface area contributed by atoms with Crippen molar-refractivity contribution in [2.75, 3.05) is 5.23 Å². The molecule has 2 aromatic carbocycles. The molecule has 0 bridgehead atoms. The smallest absolute Gasteiger partial charge is 0.213 e. The molecule has 18 heavy (non-hydrogen) atoms. The van der Waals surface area contributed by atoms with Crippen LogP contribution in [0.25, 0.3) is 16.7 Å². The Labute approximate surface area is 104 Å². The van der Waals surface area contributed by atoms with Gasteiger partial charge >= 0.3 is 0 Å². The van der Waals surface area contributed by atoms with Gasteiger partial charge in [-0.25, -0.2) is 0 Å². The topological polar surface area (TPSA) is 63.0 Å². The molecule has 0 atom stereocenters. The van der Waals surface area contributed by atoms with Gasteiger partial charge in [0.25, 0.3) is 0 Å². The molecule has 3 rings (SSSR count). The molecule has 0 spiro atoms. The van der Waals surface area contributed by atoms with Crippen molar-refractivity contribution >= 4 is 24.7 Å². The van der Waals surface area contributed by atoms with Gasteiger partial charge < -0.3 is 10.3 Å². The van der Waals surface area contributed by atoms with Crippen LogP contribution in [-0.4, -0.2) is 28.1 Å². The van der Waals surface area contributed by atoms with Crippen LogP contribution in [0.15, 0.2) is 42.5 Å². The molecule has 0 aliphatic carbocycles. The van der Waals surface area contributed by atoms with E-state index in [0.717, 1.165) is 16.7 Å². The number of rotatable bonds is 2. The van der Waals surface area contributed by atoms with Gasteiger partial charge in [-0.2, -0.15) is 0 Å². The van der Waals surface area contributed by atoms with E-state index in [-0.39, 0.29) is 5.75 Å². The van der Waals surface area contributed by atoms with Gasteiger partial charge in [0.2, 0.25) is 7.98 Å². The van der Waals surface area contributed by atoms with Crippen LogP contribution >= 0.6 is 0 Å². The van der Waals surface area contributed by atoms with Gasteiger partial charge in [0.05, 0.1) is 0 Å². The van der Waals surface area contributed by atoms with Crippen molar-refractivity contribution in [3.63, 3.8) is 0 Å². The lowest BCUT2D eigenvalue weighted by Crippen LogP contribution is -2.00. The SMILES string of the molecule is BNc1ccc(O)c(-n2nc3ccccc3n2)c1. The second-order valence-electron chi connectivity index (χ2n) is 3.93. The first-order valence-corrected chi connectivity index (χ1v) is 5.61. The zero-order valence-electron chi connectivity index (χ0n) is 9.83. The zero-order valence-corrected chi connectivity index (χ0v) is 9.83. The summed E-state index contributed by atoms with van der Waals surface area (Å²) in [5, 5.41) is 21.6. The third-order valence-electron chi connectivity index (χ3n) is 2.77. The number of hydrogen-bond acceptors (Lipinski definition) is 4. The Kier molecular flexibility index (Phi) is 2.41. The molecule has 0 saturated heterocycles. The maximum atomic E-state index is 9.88. The van der Waals surface area contributed by atoms with E-state index in [1.807, 2.05) is 32.2 Å². The summed E-state index contributed by atoms with van der Waals surface area (Å²) in [7, 11) is 1.82. The van der Waals surface area contributed by atoms with Gasteiger partial charge in [-0.3, -0.25) is 0 Å². The Hall–Kier alpha value is -2.50. The number of phenols is 1. The number of phenolic OH excluding ortho intramolecular Hbond substituents is 1. The minimum Gasteiger partial charge on any atom is -0.506 e. The van der Waals surface area contributed by atoms with Gasteiger partial charge in [-0.05, 0) is 30.3 Å². The van der Waals surface area contributed by atoms with Gasteiger partial charge in [0.1, 0.15) is 22.5 Å². The molecule has 0 unspecified atom stereocenters. The number of anilines is 1. The van der Waals surface area contributed by atoms with Crippen LogP contribution in [0.1, 0.15) is 0 Å². The van der Waals surface area contributed by atoms with Crippen molar-refractivity contribution in [1.82, 2.24) is 15.0 Å². The lowest BCUT2D eigenvalue weighted by molar-refractivity contribution is 0.468. The predicted molar refractivity (Wildman–Crippen MR) is 72.7 cm³/mol. The lowest BCUT2D eigenvalue weighted by Gasteiger charge is -2.06. The maximum Gasteiger partial charge on any atom is 0.213 e. The van der Waals surface area contributed by atoms with Crippen molar-refractivity contribution in [2.24, 2.45) is 0 Å². The van der Waals surface area contributed by atoms with E-state index < -0.39 is 0 Å². The van der Waals surface area contributed by atoms with Crippen LogP contribution < -0.4 is 5.23 Å². The third-order valence-corrected chi connectivity index (χ3v) is 2.77. The first-order valence-electron chi connectivity index (χ1n) is 5.61. The second kappa shape index (κ2) is 4.07. The van der Waals surface area contributed by atoms with E-state index in [1.54, 1.807) is 18.2 Å². The molecule has 0 fully saturated rings. The average molecular weight is 238 g/mol. The van der Waals surface area contributed by atoms with E-state index >= 15 is 0 Å². The minimum atomic E-state index is 0.148. The normalized spacial score (nSPS) is 10.7. The number of nitrogens with zero attached hydrogens (tertiary/aromatic N) is 3. The van der Waals surface area contributed by atoms with Gasteiger partial charge in [0, 0.05) is 5.69 Å². The molecule has 0 radical (unpaired) electrons. The molecule has 0 saturated carbocycles. The second-order valence-corrected chi connectivity index (χ2v) is 3.93. The summed E-state index contributed by atoms with van der Waals surface area (Å²) >= 11 is 0. The number of aromatic hydroxyl groups is 1. The van der Waals surface area contributed by atoms with Crippen molar-refractivity contribution in [3.8, 4) is 11.4 Å². The highest BCUT2D eigenvalue weighted by Crippen LogP contribution is 2.24. The van der Waals surface area contributed by atoms with Crippen LogP contribution in [0.5, 0.6) is 5.75 Å². The molecule has 0 aliphatic rings. The molecule has 6 heteroatoms. The number of aromatic nitrogens is 3. The van der Waals surface area contributed by atoms with Crippen LogP contribution in [0.3, 0.4) is 0 Å². The van der Waals surface area contributed by atoms with E-state index in [2.05, 4.69) is 15.4 Å². The van der Waals surface area contributed by atoms with Crippen molar-refractivity contribution in [3.05, 3.63) is 42.5 Å². The van der Waals surface area contributed by atoms with Crippen molar-refractivity contribution in [1.29, 1.82) is 0 Å².